The van der Waals surface area contributed by atoms with Gasteiger partial charge in [-0.1, -0.05) is 36.4 Å². The van der Waals surface area contributed by atoms with Gasteiger partial charge in [0, 0.05) is 17.8 Å². The molecule has 0 bridgehead atoms. The quantitative estimate of drug-likeness (QED) is 0.684. The van der Waals surface area contributed by atoms with Crippen LogP contribution in [-0.4, -0.2) is 5.24 Å². The summed E-state index contributed by atoms with van der Waals surface area (Å²) in [7, 11) is 0. The second-order valence-corrected chi connectivity index (χ2v) is 5.05. The lowest BCUT2D eigenvalue weighted by Crippen LogP contribution is -1.97. The van der Waals surface area contributed by atoms with Crippen LogP contribution in [0.3, 0.4) is 0 Å². The van der Waals surface area contributed by atoms with Gasteiger partial charge in [-0.2, -0.15) is 0 Å². The summed E-state index contributed by atoms with van der Waals surface area (Å²) in [6.45, 7) is 0. The van der Waals surface area contributed by atoms with Gasteiger partial charge in [-0.15, -0.1) is 0 Å². The normalized spacial score (nSPS) is 29.2. The van der Waals surface area contributed by atoms with Gasteiger partial charge in [0.25, 0.3) is 0 Å². The third-order valence-corrected chi connectivity index (χ3v) is 4.22. The molecule has 2 unspecified atom stereocenters. The van der Waals surface area contributed by atoms with Gasteiger partial charge >= 0.3 is 0 Å². The maximum absolute atomic E-state index is 11.3. The molecule has 1 nitrogen and oxygen atoms in total. The average Bonchev–Trinajstić information content (AvgIpc) is 2.95. The molecule has 0 heterocycles. The first kappa shape index (κ1) is 8.77. The van der Waals surface area contributed by atoms with E-state index in [1.54, 1.807) is 0 Å². The van der Waals surface area contributed by atoms with Crippen LogP contribution in [0, 0.1) is 5.92 Å². The van der Waals surface area contributed by atoms with E-state index in [1.165, 1.54) is 21.9 Å². The van der Waals surface area contributed by atoms with Crippen molar-refractivity contribution < 1.29 is 4.79 Å². The number of fused-ring (bicyclic) bond motifs is 3. The number of carbonyl (C=O) groups excluding carboxylic acids is 1. The van der Waals surface area contributed by atoms with Crippen molar-refractivity contribution >= 4 is 27.6 Å². The maximum Gasteiger partial charge on any atom is 0.225 e. The first-order valence-electron chi connectivity index (χ1n) is 5.50. The predicted octanol–water partition coefficient (Wildman–Crippen LogP) is 3.42. The zero-order valence-electron chi connectivity index (χ0n) is 8.48. The highest BCUT2D eigenvalue weighted by atomic mass is 35.5. The molecule has 2 aromatic rings. The molecule has 2 aliphatic rings. The van der Waals surface area contributed by atoms with Crippen LogP contribution in [0.5, 0.6) is 0 Å². The zero-order valence-corrected chi connectivity index (χ0v) is 9.24. The van der Waals surface area contributed by atoms with Crippen molar-refractivity contribution in [1.29, 1.82) is 0 Å². The average molecular weight is 229 g/mol. The van der Waals surface area contributed by atoms with E-state index in [2.05, 4.69) is 36.4 Å². The van der Waals surface area contributed by atoms with Crippen LogP contribution in [0.25, 0.3) is 10.8 Å². The van der Waals surface area contributed by atoms with Crippen molar-refractivity contribution in [2.45, 2.75) is 11.8 Å². The molecule has 78 valence electrons. The lowest BCUT2D eigenvalue weighted by molar-refractivity contribution is -0.112. The molecule has 16 heavy (non-hydrogen) atoms. The van der Waals surface area contributed by atoms with Crippen LogP contribution in [-0.2, 0) is 4.79 Å². The molecule has 0 N–H and O–H groups in total. The standard InChI is InChI=1S/C14H9ClO/c15-14(16)13-11-8-5-1-3-7-4-2-6-9(10(7)8)12(11)13/h1-6,11-13H. The molecule has 0 amide bonds. The minimum Gasteiger partial charge on any atom is -0.281 e. The van der Waals surface area contributed by atoms with Crippen LogP contribution in [0.1, 0.15) is 23.0 Å². The highest BCUT2D eigenvalue weighted by Gasteiger charge is 2.59. The molecule has 4 rings (SSSR count). The molecule has 0 saturated heterocycles. The Balaban J connectivity index is 2.02. The number of hydrogen-bond acceptors (Lipinski definition) is 1. The highest BCUT2D eigenvalue weighted by molar-refractivity contribution is 6.64. The van der Waals surface area contributed by atoms with Crippen molar-refractivity contribution in [2.75, 3.05) is 0 Å². The second-order valence-electron chi connectivity index (χ2n) is 4.67. The Morgan fingerprint density at radius 2 is 1.56 bits per heavy atom. The molecule has 2 atom stereocenters. The Kier molecular flexibility index (Phi) is 1.46. The fourth-order valence-corrected chi connectivity index (χ4v) is 3.59. The van der Waals surface area contributed by atoms with Gasteiger partial charge in [-0.3, -0.25) is 4.79 Å². The number of halogens is 1. The SMILES string of the molecule is O=C(Cl)C1C2c3cccc4cccc(c34)C12. The molecule has 0 spiro atoms. The summed E-state index contributed by atoms with van der Waals surface area (Å²) in [6.07, 6.45) is 0. The second kappa shape index (κ2) is 2.67. The highest BCUT2D eigenvalue weighted by Crippen LogP contribution is 2.68. The van der Waals surface area contributed by atoms with Gasteiger partial charge in [0.05, 0.1) is 0 Å². The van der Waals surface area contributed by atoms with Crippen molar-refractivity contribution in [3.8, 4) is 0 Å². The van der Waals surface area contributed by atoms with E-state index in [9.17, 15) is 4.79 Å². The van der Waals surface area contributed by atoms with Crippen LogP contribution in [0.4, 0.5) is 0 Å². The van der Waals surface area contributed by atoms with Gasteiger partial charge < -0.3 is 0 Å². The molecular weight excluding hydrogens is 220 g/mol. The van der Waals surface area contributed by atoms with E-state index in [0.29, 0.717) is 11.8 Å². The van der Waals surface area contributed by atoms with Gasteiger partial charge in [0.15, 0.2) is 0 Å². The largest absolute Gasteiger partial charge is 0.281 e. The Hall–Kier alpha value is -1.34. The topological polar surface area (TPSA) is 17.1 Å². The molecule has 0 radical (unpaired) electrons. The number of carbonyl (C=O) groups is 1. The molecule has 2 aromatic carbocycles. The lowest BCUT2D eigenvalue weighted by Gasteiger charge is -2.06. The van der Waals surface area contributed by atoms with Crippen molar-refractivity contribution in [3.05, 3.63) is 47.5 Å². The summed E-state index contributed by atoms with van der Waals surface area (Å²) in [5, 5.41) is 2.46. The van der Waals surface area contributed by atoms with Crippen molar-refractivity contribution in [1.82, 2.24) is 0 Å². The van der Waals surface area contributed by atoms with E-state index in [4.69, 9.17) is 11.6 Å². The van der Waals surface area contributed by atoms with Crippen LogP contribution in [0.15, 0.2) is 36.4 Å². The van der Waals surface area contributed by atoms with Crippen LogP contribution in [0.2, 0.25) is 0 Å². The van der Waals surface area contributed by atoms with E-state index in [0.717, 1.165) is 0 Å². The fourth-order valence-electron chi connectivity index (χ4n) is 3.32. The van der Waals surface area contributed by atoms with Crippen LogP contribution >= 0.6 is 11.6 Å². The predicted molar refractivity (Wildman–Crippen MR) is 63.8 cm³/mol. The third kappa shape index (κ3) is 0.863. The Labute approximate surface area is 98.0 Å². The first-order valence-corrected chi connectivity index (χ1v) is 5.88. The molecule has 0 aliphatic heterocycles. The number of benzene rings is 2. The Bertz CT molecular complexity index is 587. The van der Waals surface area contributed by atoms with Crippen molar-refractivity contribution in [3.63, 3.8) is 0 Å². The summed E-state index contributed by atoms with van der Waals surface area (Å²) < 4.78 is 0. The fraction of sp³-hybridized carbons (Fsp3) is 0.214. The van der Waals surface area contributed by atoms with E-state index in [1.807, 2.05) is 0 Å². The molecule has 0 aromatic heterocycles. The summed E-state index contributed by atoms with van der Waals surface area (Å²) in [6, 6.07) is 12.7. The van der Waals surface area contributed by atoms with E-state index < -0.39 is 0 Å². The molecular formula is C14H9ClO. The Morgan fingerprint density at radius 1 is 1.00 bits per heavy atom. The minimum absolute atomic E-state index is 0.0298. The van der Waals surface area contributed by atoms with Crippen molar-refractivity contribution in [2.24, 2.45) is 5.92 Å². The molecule has 2 aliphatic carbocycles. The van der Waals surface area contributed by atoms with Crippen LogP contribution < -0.4 is 0 Å². The number of rotatable bonds is 1. The summed E-state index contributed by atoms with van der Waals surface area (Å²) in [5.74, 6) is 0.736. The first-order chi connectivity index (χ1) is 7.79. The minimum atomic E-state index is -0.179. The Morgan fingerprint density at radius 3 is 2.06 bits per heavy atom. The molecule has 1 fully saturated rings. The maximum atomic E-state index is 11.3. The van der Waals surface area contributed by atoms with Gasteiger partial charge in [-0.25, -0.2) is 0 Å². The lowest BCUT2D eigenvalue weighted by atomic mass is 9.98. The molecule has 1 saturated carbocycles. The smallest absolute Gasteiger partial charge is 0.225 e. The zero-order chi connectivity index (χ0) is 10.9. The van der Waals surface area contributed by atoms with E-state index in [-0.39, 0.29) is 11.2 Å². The monoisotopic (exact) mass is 228 g/mol. The van der Waals surface area contributed by atoms with Gasteiger partial charge in [0.1, 0.15) is 0 Å². The molecule has 2 heteroatoms. The van der Waals surface area contributed by atoms with Gasteiger partial charge in [0.2, 0.25) is 5.24 Å². The summed E-state index contributed by atoms with van der Waals surface area (Å²) >= 11 is 5.64. The summed E-state index contributed by atoms with van der Waals surface area (Å²) in [4.78, 5) is 11.3. The van der Waals surface area contributed by atoms with E-state index >= 15 is 0 Å². The summed E-state index contributed by atoms with van der Waals surface area (Å²) in [5.41, 5.74) is 2.63. The van der Waals surface area contributed by atoms with Gasteiger partial charge in [-0.05, 0) is 33.5 Å². The third-order valence-electron chi connectivity index (χ3n) is 3.97. The number of hydrogen-bond donors (Lipinski definition) is 0.